The highest BCUT2D eigenvalue weighted by Gasteiger charge is 2.35. The molecule has 2 aliphatic rings. The molecule has 1 aromatic rings. The van der Waals surface area contributed by atoms with Crippen molar-refractivity contribution in [2.45, 2.75) is 25.3 Å². The second-order valence-corrected chi connectivity index (χ2v) is 6.43. The average Bonchev–Trinajstić information content (AvgIpc) is 2.47. The number of hydrogen-bond donors (Lipinski definition) is 1. The lowest BCUT2D eigenvalue weighted by Crippen LogP contribution is -2.53. The van der Waals surface area contributed by atoms with Crippen molar-refractivity contribution in [1.29, 1.82) is 0 Å². The van der Waals surface area contributed by atoms with E-state index in [-0.39, 0.29) is 5.56 Å². The minimum absolute atomic E-state index is 0.135. The van der Waals surface area contributed by atoms with Gasteiger partial charge in [0.1, 0.15) is 5.82 Å². The number of aromatic nitrogens is 1. The number of carboxylic acid groups (broad SMARTS) is 1. The van der Waals surface area contributed by atoms with Crippen LogP contribution in [0.15, 0.2) is 12.3 Å². The third kappa shape index (κ3) is 2.85. The molecule has 1 aromatic heterocycles. The molecule has 0 spiro atoms. The monoisotopic (exact) mass is 309 g/mol. The summed E-state index contributed by atoms with van der Waals surface area (Å²) in [5.41, 5.74) is 0.135. The van der Waals surface area contributed by atoms with E-state index in [1.54, 1.807) is 0 Å². The summed E-state index contributed by atoms with van der Waals surface area (Å²) in [7, 11) is 2.21. The van der Waals surface area contributed by atoms with Crippen molar-refractivity contribution in [3.63, 3.8) is 0 Å². The zero-order valence-corrected chi connectivity index (χ0v) is 12.9. The zero-order valence-electron chi connectivity index (χ0n) is 12.1. The molecule has 2 saturated heterocycles. The fraction of sp³-hybridized carbons (Fsp3) is 0.600. The van der Waals surface area contributed by atoms with E-state index in [9.17, 15) is 4.79 Å². The highest BCUT2D eigenvalue weighted by Crippen LogP contribution is 2.33. The standard InChI is InChI=1S/C15H20ClN3O2/c1-18-5-2-3-10-9-19(6-4-13(10)18)14-12(16)7-11(8-17-14)15(20)21/h7-8,10,13H,2-6,9H2,1H3,(H,20,21). The van der Waals surface area contributed by atoms with E-state index in [1.165, 1.54) is 31.6 Å². The second kappa shape index (κ2) is 5.81. The first-order chi connectivity index (χ1) is 10.1. The lowest BCUT2D eigenvalue weighted by Gasteiger charge is -2.46. The molecule has 3 heterocycles. The first-order valence-electron chi connectivity index (χ1n) is 7.40. The van der Waals surface area contributed by atoms with Gasteiger partial charge in [-0.1, -0.05) is 11.6 Å². The number of anilines is 1. The van der Waals surface area contributed by atoms with Crippen molar-refractivity contribution < 1.29 is 9.90 Å². The van der Waals surface area contributed by atoms with Gasteiger partial charge in [-0.3, -0.25) is 0 Å². The largest absolute Gasteiger partial charge is 0.478 e. The number of carbonyl (C=O) groups is 1. The van der Waals surface area contributed by atoms with Gasteiger partial charge < -0.3 is 14.9 Å². The Balaban J connectivity index is 1.78. The van der Waals surface area contributed by atoms with E-state index in [0.29, 0.717) is 22.8 Å². The maximum Gasteiger partial charge on any atom is 0.337 e. The summed E-state index contributed by atoms with van der Waals surface area (Å²) in [5, 5.41) is 9.40. The fourth-order valence-electron chi connectivity index (χ4n) is 3.63. The summed E-state index contributed by atoms with van der Waals surface area (Å²) < 4.78 is 0. The van der Waals surface area contributed by atoms with Crippen molar-refractivity contribution in [1.82, 2.24) is 9.88 Å². The van der Waals surface area contributed by atoms with Crippen LogP contribution in [-0.2, 0) is 0 Å². The number of piperidine rings is 2. The Bertz CT molecular complexity index is 552. The molecule has 2 fully saturated rings. The van der Waals surface area contributed by atoms with Crippen molar-refractivity contribution in [2.24, 2.45) is 5.92 Å². The molecule has 6 heteroatoms. The molecule has 2 aliphatic heterocycles. The van der Waals surface area contributed by atoms with Crippen molar-refractivity contribution in [3.8, 4) is 0 Å². The van der Waals surface area contributed by atoms with E-state index in [1.807, 2.05) is 0 Å². The third-order valence-electron chi connectivity index (χ3n) is 4.71. The molecule has 0 saturated carbocycles. The predicted molar refractivity (Wildman–Crippen MR) is 82.2 cm³/mol. The molecule has 3 rings (SSSR count). The highest BCUT2D eigenvalue weighted by molar-refractivity contribution is 6.33. The summed E-state index contributed by atoms with van der Waals surface area (Å²) in [4.78, 5) is 19.9. The van der Waals surface area contributed by atoms with E-state index < -0.39 is 5.97 Å². The Morgan fingerprint density at radius 3 is 2.95 bits per heavy atom. The predicted octanol–water partition coefficient (Wildman–Crippen LogP) is 2.35. The number of aromatic carboxylic acids is 1. The minimum atomic E-state index is -0.997. The number of likely N-dealkylation sites (tertiary alicyclic amines) is 1. The Morgan fingerprint density at radius 1 is 1.43 bits per heavy atom. The minimum Gasteiger partial charge on any atom is -0.478 e. The SMILES string of the molecule is CN1CCCC2CN(c3ncc(C(=O)O)cc3Cl)CCC21. The highest BCUT2D eigenvalue weighted by atomic mass is 35.5. The van der Waals surface area contributed by atoms with Gasteiger partial charge in [-0.25, -0.2) is 9.78 Å². The number of nitrogens with zero attached hydrogens (tertiary/aromatic N) is 3. The molecule has 0 aliphatic carbocycles. The van der Waals surface area contributed by atoms with E-state index in [4.69, 9.17) is 16.7 Å². The molecule has 21 heavy (non-hydrogen) atoms. The molecule has 2 atom stereocenters. The number of fused-ring (bicyclic) bond motifs is 1. The Labute approximate surface area is 129 Å². The van der Waals surface area contributed by atoms with Gasteiger partial charge in [0.05, 0.1) is 10.6 Å². The maximum atomic E-state index is 10.9. The number of carboxylic acids is 1. The fourth-order valence-corrected chi connectivity index (χ4v) is 3.91. The van der Waals surface area contributed by atoms with Gasteiger partial charge >= 0.3 is 5.97 Å². The molecule has 2 unspecified atom stereocenters. The molecule has 0 bridgehead atoms. The van der Waals surface area contributed by atoms with Crippen LogP contribution in [-0.4, -0.2) is 53.7 Å². The van der Waals surface area contributed by atoms with Crippen LogP contribution < -0.4 is 4.90 Å². The molecule has 0 aromatic carbocycles. The van der Waals surface area contributed by atoms with Gasteiger partial charge in [0.25, 0.3) is 0 Å². The summed E-state index contributed by atoms with van der Waals surface area (Å²) in [6, 6.07) is 2.15. The molecule has 1 N–H and O–H groups in total. The van der Waals surface area contributed by atoms with Crippen molar-refractivity contribution in [2.75, 3.05) is 31.6 Å². The first kappa shape index (κ1) is 14.6. The molecule has 114 valence electrons. The quantitative estimate of drug-likeness (QED) is 0.909. The van der Waals surface area contributed by atoms with Gasteiger partial charge in [0.2, 0.25) is 0 Å². The average molecular weight is 310 g/mol. The first-order valence-corrected chi connectivity index (χ1v) is 7.78. The number of halogens is 1. The van der Waals surface area contributed by atoms with Crippen LogP contribution in [0, 0.1) is 5.92 Å². The summed E-state index contributed by atoms with van der Waals surface area (Å²) in [6.07, 6.45) is 4.99. The number of hydrogen-bond acceptors (Lipinski definition) is 4. The normalized spacial score (nSPS) is 26.5. The van der Waals surface area contributed by atoms with Gasteiger partial charge in [-0.05, 0) is 44.8 Å². The van der Waals surface area contributed by atoms with Crippen LogP contribution in [0.5, 0.6) is 0 Å². The van der Waals surface area contributed by atoms with Gasteiger partial charge in [0.15, 0.2) is 0 Å². The molecule has 5 nitrogen and oxygen atoms in total. The maximum absolute atomic E-state index is 10.9. The second-order valence-electron chi connectivity index (χ2n) is 6.02. The summed E-state index contributed by atoms with van der Waals surface area (Å²) >= 11 is 6.23. The van der Waals surface area contributed by atoms with E-state index in [2.05, 4.69) is 21.8 Å². The molecular formula is C15H20ClN3O2. The summed E-state index contributed by atoms with van der Waals surface area (Å²) in [6.45, 7) is 3.06. The van der Waals surface area contributed by atoms with Crippen LogP contribution in [0.3, 0.4) is 0 Å². The van der Waals surface area contributed by atoms with Crippen LogP contribution in [0.4, 0.5) is 5.82 Å². The van der Waals surface area contributed by atoms with Crippen molar-refractivity contribution in [3.05, 3.63) is 22.8 Å². The van der Waals surface area contributed by atoms with E-state index in [0.717, 1.165) is 19.5 Å². The number of pyridine rings is 1. The number of rotatable bonds is 2. The summed E-state index contributed by atoms with van der Waals surface area (Å²) in [5.74, 6) is 0.367. The van der Waals surface area contributed by atoms with Gasteiger partial charge in [-0.2, -0.15) is 0 Å². The Kier molecular flexibility index (Phi) is 4.04. The van der Waals surface area contributed by atoms with Crippen LogP contribution in [0.2, 0.25) is 5.02 Å². The lowest BCUT2D eigenvalue weighted by molar-refractivity contribution is 0.0696. The third-order valence-corrected chi connectivity index (χ3v) is 4.99. The van der Waals surface area contributed by atoms with Gasteiger partial charge in [0, 0.05) is 25.3 Å². The van der Waals surface area contributed by atoms with Crippen LogP contribution in [0.25, 0.3) is 0 Å². The Hall–Kier alpha value is -1.33. The van der Waals surface area contributed by atoms with Crippen LogP contribution >= 0.6 is 11.6 Å². The molecule has 0 radical (unpaired) electrons. The lowest BCUT2D eigenvalue weighted by atomic mass is 9.84. The molecular weight excluding hydrogens is 290 g/mol. The van der Waals surface area contributed by atoms with E-state index >= 15 is 0 Å². The molecule has 0 amide bonds. The van der Waals surface area contributed by atoms with Crippen molar-refractivity contribution >= 4 is 23.4 Å². The van der Waals surface area contributed by atoms with Crippen LogP contribution in [0.1, 0.15) is 29.6 Å². The topological polar surface area (TPSA) is 56.7 Å². The van der Waals surface area contributed by atoms with Gasteiger partial charge in [-0.15, -0.1) is 0 Å². The zero-order chi connectivity index (χ0) is 15.0. The smallest absolute Gasteiger partial charge is 0.337 e. The Morgan fingerprint density at radius 2 is 2.24 bits per heavy atom.